The van der Waals surface area contributed by atoms with Crippen LogP contribution in [0.4, 0.5) is 17.3 Å². The molecule has 0 aliphatic carbocycles. The van der Waals surface area contributed by atoms with Crippen molar-refractivity contribution in [3.05, 3.63) is 54.4 Å². The molecule has 3 aromatic rings. The monoisotopic (exact) mass is 400 g/mol. The minimum Gasteiger partial charge on any atom is -0.370 e. The maximum Gasteiger partial charge on any atom is 0.158 e. The van der Waals surface area contributed by atoms with Gasteiger partial charge in [0, 0.05) is 30.5 Å². The second kappa shape index (κ2) is 7.76. The van der Waals surface area contributed by atoms with Crippen molar-refractivity contribution in [3.8, 4) is 11.8 Å². The van der Waals surface area contributed by atoms with E-state index < -0.39 is 0 Å². The molecule has 4 heterocycles. The lowest BCUT2D eigenvalue weighted by atomic mass is 10.1. The number of nitrogens with zero attached hydrogens (tertiary/aromatic N) is 7. The number of nitriles is 1. The molecule has 1 atom stereocenters. The highest BCUT2D eigenvalue weighted by Crippen LogP contribution is 2.29. The number of anilines is 3. The van der Waals surface area contributed by atoms with E-state index in [1.54, 1.807) is 6.33 Å². The molecule has 2 aliphatic rings. The molecule has 2 aromatic heterocycles. The van der Waals surface area contributed by atoms with Gasteiger partial charge in [-0.05, 0) is 56.6 Å². The third-order valence-electron chi connectivity index (χ3n) is 5.99. The lowest BCUT2D eigenvalue weighted by Crippen LogP contribution is -2.46. The van der Waals surface area contributed by atoms with Gasteiger partial charge in [-0.1, -0.05) is 0 Å². The quantitative estimate of drug-likeness (QED) is 0.705. The van der Waals surface area contributed by atoms with Gasteiger partial charge in [0.1, 0.15) is 24.0 Å². The Labute approximate surface area is 175 Å². The van der Waals surface area contributed by atoms with Crippen molar-refractivity contribution in [1.82, 2.24) is 24.4 Å². The number of likely N-dealkylation sites (tertiary alicyclic amines) is 1. The number of rotatable bonds is 5. The van der Waals surface area contributed by atoms with Crippen LogP contribution in [0.3, 0.4) is 0 Å². The number of nitrogens with one attached hydrogen (secondary N) is 1. The van der Waals surface area contributed by atoms with Gasteiger partial charge in [0.05, 0.1) is 18.6 Å². The lowest BCUT2D eigenvalue weighted by Gasteiger charge is -2.36. The van der Waals surface area contributed by atoms with Gasteiger partial charge < -0.3 is 14.8 Å². The number of benzene rings is 1. The van der Waals surface area contributed by atoms with E-state index in [0.29, 0.717) is 17.7 Å². The Balaban J connectivity index is 1.28. The lowest BCUT2D eigenvalue weighted by molar-refractivity contribution is 0.129. The summed E-state index contributed by atoms with van der Waals surface area (Å²) in [6, 6.07) is 9.25. The van der Waals surface area contributed by atoms with Crippen molar-refractivity contribution < 1.29 is 0 Å². The molecule has 8 nitrogen and oxygen atoms in total. The Morgan fingerprint density at radius 2 is 2.00 bits per heavy atom. The fourth-order valence-corrected chi connectivity index (χ4v) is 4.23. The van der Waals surface area contributed by atoms with Crippen molar-refractivity contribution >= 4 is 17.3 Å². The molecule has 2 fully saturated rings. The molecule has 8 heteroatoms. The molecule has 152 valence electrons. The van der Waals surface area contributed by atoms with E-state index in [9.17, 15) is 0 Å². The molecule has 2 aliphatic heterocycles. The van der Waals surface area contributed by atoms with Crippen LogP contribution in [0.1, 0.15) is 24.1 Å². The van der Waals surface area contributed by atoms with Crippen LogP contribution in [-0.4, -0.2) is 56.6 Å². The average molecular weight is 400 g/mol. The first-order valence-corrected chi connectivity index (χ1v) is 10.3. The maximum absolute atomic E-state index is 8.82. The molecular weight excluding hydrogens is 376 g/mol. The number of aryl methyl sites for hydroxylation is 1. The topological polar surface area (TPSA) is 85.9 Å². The van der Waals surface area contributed by atoms with E-state index in [-0.39, 0.29) is 5.69 Å². The van der Waals surface area contributed by atoms with Crippen LogP contribution in [0, 0.1) is 18.3 Å². The van der Waals surface area contributed by atoms with Crippen LogP contribution in [0.2, 0.25) is 0 Å². The molecule has 1 aromatic carbocycles. The summed E-state index contributed by atoms with van der Waals surface area (Å²) in [7, 11) is 0. The number of imidazole rings is 1. The summed E-state index contributed by atoms with van der Waals surface area (Å²) < 4.78 is 1.99. The second-order valence-corrected chi connectivity index (χ2v) is 7.94. The van der Waals surface area contributed by atoms with E-state index in [0.717, 1.165) is 18.8 Å². The fourth-order valence-electron chi connectivity index (χ4n) is 4.23. The van der Waals surface area contributed by atoms with Crippen LogP contribution in [0.15, 0.2) is 43.1 Å². The highest BCUT2D eigenvalue weighted by molar-refractivity contribution is 5.59. The van der Waals surface area contributed by atoms with E-state index in [1.165, 1.54) is 49.6 Å². The minimum absolute atomic E-state index is 0.288. The molecular formula is C22H24N8. The molecule has 5 rings (SSSR count). The Hall–Kier alpha value is -3.44. The van der Waals surface area contributed by atoms with E-state index in [2.05, 4.69) is 55.2 Å². The van der Waals surface area contributed by atoms with Gasteiger partial charge in [-0.2, -0.15) is 5.26 Å². The zero-order valence-corrected chi connectivity index (χ0v) is 17.0. The van der Waals surface area contributed by atoms with Crippen molar-refractivity contribution in [3.63, 3.8) is 0 Å². The molecule has 0 saturated carbocycles. The Morgan fingerprint density at radius 1 is 1.10 bits per heavy atom. The second-order valence-electron chi connectivity index (χ2n) is 7.94. The zero-order chi connectivity index (χ0) is 20.5. The van der Waals surface area contributed by atoms with Crippen LogP contribution < -0.4 is 10.2 Å². The van der Waals surface area contributed by atoms with Gasteiger partial charge in [0.15, 0.2) is 5.69 Å². The SMILES string of the molecule is Cc1cc(-n2cnc(Nc3cnc(C#N)cn3)c2)ccc1N1CC[C@@H](N2CCC2)C1. The molecule has 0 spiro atoms. The number of aromatic nitrogens is 4. The molecule has 30 heavy (non-hydrogen) atoms. The zero-order valence-electron chi connectivity index (χ0n) is 17.0. The first kappa shape index (κ1) is 18.6. The van der Waals surface area contributed by atoms with Gasteiger partial charge in [-0.3, -0.25) is 4.90 Å². The van der Waals surface area contributed by atoms with Crippen LogP contribution in [-0.2, 0) is 0 Å². The van der Waals surface area contributed by atoms with Crippen LogP contribution in [0.25, 0.3) is 5.69 Å². The number of hydrogen-bond donors (Lipinski definition) is 1. The summed E-state index contributed by atoms with van der Waals surface area (Å²) in [4.78, 5) is 17.7. The van der Waals surface area contributed by atoms with Gasteiger partial charge in [-0.15, -0.1) is 0 Å². The van der Waals surface area contributed by atoms with E-state index in [4.69, 9.17) is 5.26 Å². The predicted octanol–water partition coefficient (Wildman–Crippen LogP) is 2.87. The van der Waals surface area contributed by atoms with Crippen molar-refractivity contribution in [2.75, 3.05) is 36.4 Å². The average Bonchev–Trinajstić information content (AvgIpc) is 3.37. The Morgan fingerprint density at radius 3 is 2.70 bits per heavy atom. The van der Waals surface area contributed by atoms with Crippen LogP contribution >= 0.6 is 0 Å². The van der Waals surface area contributed by atoms with Crippen molar-refractivity contribution in [2.24, 2.45) is 0 Å². The third kappa shape index (κ3) is 3.60. The van der Waals surface area contributed by atoms with Crippen molar-refractivity contribution in [2.45, 2.75) is 25.8 Å². The Bertz CT molecular complexity index is 1080. The Kier molecular flexibility index (Phi) is 4.81. The van der Waals surface area contributed by atoms with Crippen LogP contribution in [0.5, 0.6) is 0 Å². The summed E-state index contributed by atoms with van der Waals surface area (Å²) in [5.74, 6) is 1.23. The van der Waals surface area contributed by atoms with Gasteiger partial charge in [0.2, 0.25) is 0 Å². The van der Waals surface area contributed by atoms with Crippen molar-refractivity contribution in [1.29, 1.82) is 5.26 Å². The van der Waals surface area contributed by atoms with Gasteiger partial charge >= 0.3 is 0 Å². The summed E-state index contributed by atoms with van der Waals surface area (Å²) >= 11 is 0. The maximum atomic E-state index is 8.82. The molecule has 1 N–H and O–H groups in total. The standard InChI is InChI=1S/C22H24N8/c1-16-9-18(3-4-20(16)29-8-5-19(13-29)28-6-2-7-28)30-14-22(26-15-30)27-21-12-24-17(10-23)11-25-21/h3-4,9,11-12,14-15,19H,2,5-8,13H2,1H3,(H,25,27)/t19-/m1/s1. The normalized spacial score (nSPS) is 18.8. The largest absolute Gasteiger partial charge is 0.370 e. The summed E-state index contributed by atoms with van der Waals surface area (Å²) in [6.07, 6.45) is 9.28. The molecule has 0 radical (unpaired) electrons. The molecule has 0 amide bonds. The first-order chi connectivity index (χ1) is 14.7. The third-order valence-corrected chi connectivity index (χ3v) is 5.99. The van der Waals surface area contributed by atoms with Gasteiger partial charge in [-0.25, -0.2) is 15.0 Å². The highest BCUT2D eigenvalue weighted by atomic mass is 15.3. The predicted molar refractivity (Wildman–Crippen MR) is 115 cm³/mol. The summed E-state index contributed by atoms with van der Waals surface area (Å²) in [5, 5.41) is 11.9. The highest BCUT2D eigenvalue weighted by Gasteiger charge is 2.31. The van der Waals surface area contributed by atoms with E-state index >= 15 is 0 Å². The number of hydrogen-bond acceptors (Lipinski definition) is 7. The van der Waals surface area contributed by atoms with E-state index in [1.807, 2.05) is 16.8 Å². The smallest absolute Gasteiger partial charge is 0.158 e. The fraction of sp³-hybridized carbons (Fsp3) is 0.364. The van der Waals surface area contributed by atoms with Gasteiger partial charge in [0.25, 0.3) is 0 Å². The summed E-state index contributed by atoms with van der Waals surface area (Å²) in [5.41, 5.74) is 3.96. The molecule has 0 bridgehead atoms. The minimum atomic E-state index is 0.288. The summed E-state index contributed by atoms with van der Waals surface area (Å²) in [6.45, 7) is 6.97. The first-order valence-electron chi connectivity index (χ1n) is 10.3. The molecule has 2 saturated heterocycles. The molecule has 0 unspecified atom stereocenters.